The number of oxazole rings is 1. The third kappa shape index (κ3) is 3.13. The Morgan fingerprint density at radius 1 is 1.18 bits per heavy atom. The second kappa shape index (κ2) is 7.42. The monoisotopic (exact) mass is 382 g/mol. The van der Waals surface area contributed by atoms with E-state index in [1.807, 2.05) is 29.2 Å². The zero-order valence-electron chi connectivity index (χ0n) is 15.9. The van der Waals surface area contributed by atoms with Crippen LogP contribution in [0.1, 0.15) is 24.4 Å². The summed E-state index contributed by atoms with van der Waals surface area (Å²) < 4.78 is 17.5. The maximum Gasteiger partial charge on any atom is 0.420 e. The van der Waals surface area contributed by atoms with Gasteiger partial charge in [-0.15, -0.1) is 0 Å². The van der Waals surface area contributed by atoms with Crippen molar-refractivity contribution in [3.05, 3.63) is 58.6 Å². The first-order valence-corrected chi connectivity index (χ1v) is 9.22. The summed E-state index contributed by atoms with van der Waals surface area (Å²) in [6, 6.07) is 12.6. The Morgan fingerprint density at radius 2 is 2.00 bits per heavy atom. The molecule has 2 heterocycles. The molecule has 28 heavy (non-hydrogen) atoms. The maximum absolute atomic E-state index is 13.1. The van der Waals surface area contributed by atoms with Crippen molar-refractivity contribution in [2.45, 2.75) is 25.4 Å². The molecule has 1 aliphatic rings. The average Bonchev–Trinajstić information content (AvgIpc) is 3.32. The summed E-state index contributed by atoms with van der Waals surface area (Å²) in [6.07, 6.45) is 1.72. The number of hydrogen-bond donors (Lipinski definition) is 0. The molecule has 146 valence electrons. The Bertz CT molecular complexity index is 1070. The Labute approximate surface area is 162 Å². The van der Waals surface area contributed by atoms with Gasteiger partial charge in [0.25, 0.3) is 0 Å². The van der Waals surface area contributed by atoms with Crippen LogP contribution in [-0.2, 0) is 11.3 Å². The van der Waals surface area contributed by atoms with E-state index in [0.29, 0.717) is 23.4 Å². The lowest BCUT2D eigenvalue weighted by atomic mass is 10.0. The zero-order valence-corrected chi connectivity index (χ0v) is 15.9. The Hall–Kier alpha value is -3.22. The SMILES string of the molecule is COc1ccc(OC)c([C@@H]2CCCN2C(=O)Cn2c(=O)oc3ccccc32)c1. The second-order valence-corrected chi connectivity index (χ2v) is 6.77. The first kappa shape index (κ1) is 18.2. The topological polar surface area (TPSA) is 73.9 Å². The fourth-order valence-corrected chi connectivity index (χ4v) is 3.88. The molecule has 1 amide bonds. The van der Waals surface area contributed by atoms with Gasteiger partial charge < -0.3 is 18.8 Å². The van der Waals surface area contributed by atoms with Gasteiger partial charge in [-0.1, -0.05) is 12.1 Å². The van der Waals surface area contributed by atoms with Crippen molar-refractivity contribution in [1.29, 1.82) is 0 Å². The molecule has 1 aliphatic heterocycles. The highest BCUT2D eigenvalue weighted by molar-refractivity contribution is 5.80. The minimum atomic E-state index is -0.524. The molecule has 0 bridgehead atoms. The van der Waals surface area contributed by atoms with Crippen molar-refractivity contribution in [2.24, 2.45) is 0 Å². The largest absolute Gasteiger partial charge is 0.497 e. The van der Waals surface area contributed by atoms with E-state index in [1.54, 1.807) is 32.4 Å². The van der Waals surface area contributed by atoms with Gasteiger partial charge in [-0.3, -0.25) is 9.36 Å². The molecule has 1 saturated heterocycles. The van der Waals surface area contributed by atoms with Crippen LogP contribution in [0, 0.1) is 0 Å². The highest BCUT2D eigenvalue weighted by atomic mass is 16.5. The van der Waals surface area contributed by atoms with Crippen molar-refractivity contribution in [2.75, 3.05) is 20.8 Å². The fraction of sp³-hybridized carbons (Fsp3) is 0.333. The van der Waals surface area contributed by atoms with Gasteiger partial charge in [0.15, 0.2) is 5.58 Å². The standard InChI is InChI=1S/C21H22N2O5/c1-26-14-9-10-18(27-2)15(12-14)16-7-5-11-22(16)20(24)13-23-17-6-3-4-8-19(17)28-21(23)25/h3-4,6,8-10,12,16H,5,7,11,13H2,1-2H3/t16-/m0/s1. The van der Waals surface area contributed by atoms with Crippen molar-refractivity contribution < 1.29 is 18.7 Å². The predicted molar refractivity (Wildman–Crippen MR) is 104 cm³/mol. The number of ether oxygens (including phenoxy) is 2. The first-order valence-electron chi connectivity index (χ1n) is 9.22. The fourth-order valence-electron chi connectivity index (χ4n) is 3.88. The van der Waals surface area contributed by atoms with Crippen LogP contribution in [-0.4, -0.2) is 36.1 Å². The van der Waals surface area contributed by atoms with Crippen LogP contribution < -0.4 is 15.2 Å². The zero-order chi connectivity index (χ0) is 19.7. The molecule has 7 nitrogen and oxygen atoms in total. The number of methoxy groups -OCH3 is 2. The minimum absolute atomic E-state index is 0.0569. The quantitative estimate of drug-likeness (QED) is 0.678. The second-order valence-electron chi connectivity index (χ2n) is 6.77. The normalized spacial score (nSPS) is 16.5. The maximum atomic E-state index is 13.1. The number of para-hydroxylation sites is 2. The number of fused-ring (bicyclic) bond motifs is 1. The van der Waals surface area contributed by atoms with Crippen LogP contribution in [0.5, 0.6) is 11.5 Å². The van der Waals surface area contributed by atoms with Crippen molar-refractivity contribution in [3.63, 3.8) is 0 Å². The third-order valence-electron chi connectivity index (χ3n) is 5.24. The smallest absolute Gasteiger partial charge is 0.420 e. The Morgan fingerprint density at radius 3 is 2.79 bits per heavy atom. The van der Waals surface area contributed by atoms with E-state index in [4.69, 9.17) is 13.9 Å². The summed E-state index contributed by atoms with van der Waals surface area (Å²) in [7, 11) is 3.23. The Balaban J connectivity index is 1.64. The first-order chi connectivity index (χ1) is 13.6. The third-order valence-corrected chi connectivity index (χ3v) is 5.24. The molecule has 3 aromatic rings. The van der Waals surface area contributed by atoms with Crippen molar-refractivity contribution >= 4 is 17.0 Å². The summed E-state index contributed by atoms with van der Waals surface area (Å²) >= 11 is 0. The van der Waals surface area contributed by atoms with Crippen molar-refractivity contribution in [1.82, 2.24) is 9.47 Å². The van der Waals surface area contributed by atoms with Gasteiger partial charge in [-0.2, -0.15) is 0 Å². The van der Waals surface area contributed by atoms with E-state index < -0.39 is 5.76 Å². The number of benzene rings is 2. The molecule has 7 heteroatoms. The molecule has 0 spiro atoms. The Kier molecular flexibility index (Phi) is 4.81. The highest BCUT2D eigenvalue weighted by Crippen LogP contribution is 2.39. The van der Waals surface area contributed by atoms with Gasteiger partial charge in [0, 0.05) is 12.1 Å². The van der Waals surface area contributed by atoms with Crippen LogP contribution in [0.2, 0.25) is 0 Å². The van der Waals surface area contributed by atoms with Crippen LogP contribution in [0.4, 0.5) is 0 Å². The van der Waals surface area contributed by atoms with E-state index in [2.05, 4.69) is 0 Å². The molecular weight excluding hydrogens is 360 g/mol. The number of rotatable bonds is 5. The van der Waals surface area contributed by atoms with E-state index in [0.717, 1.165) is 24.2 Å². The number of carbonyl (C=O) groups is 1. The molecule has 1 aromatic heterocycles. The van der Waals surface area contributed by atoms with Gasteiger partial charge in [0.2, 0.25) is 5.91 Å². The van der Waals surface area contributed by atoms with Crippen LogP contribution in [0.3, 0.4) is 0 Å². The van der Waals surface area contributed by atoms with E-state index >= 15 is 0 Å². The van der Waals surface area contributed by atoms with Crippen LogP contribution >= 0.6 is 0 Å². The summed E-state index contributed by atoms with van der Waals surface area (Å²) in [5.41, 5.74) is 2.01. The van der Waals surface area contributed by atoms with E-state index in [-0.39, 0.29) is 18.5 Å². The summed E-state index contributed by atoms with van der Waals surface area (Å²) in [5.74, 6) is 0.786. The summed E-state index contributed by atoms with van der Waals surface area (Å²) in [4.78, 5) is 27.1. The van der Waals surface area contributed by atoms with Gasteiger partial charge in [-0.25, -0.2) is 4.79 Å². The van der Waals surface area contributed by atoms with Gasteiger partial charge in [0.1, 0.15) is 18.0 Å². The summed E-state index contributed by atoms with van der Waals surface area (Å²) in [6.45, 7) is 0.576. The van der Waals surface area contributed by atoms with E-state index in [1.165, 1.54) is 4.57 Å². The van der Waals surface area contributed by atoms with Crippen molar-refractivity contribution in [3.8, 4) is 11.5 Å². The molecule has 0 unspecified atom stereocenters. The number of likely N-dealkylation sites (tertiary alicyclic amines) is 1. The van der Waals surface area contributed by atoms with Crippen LogP contribution in [0.15, 0.2) is 51.7 Å². The average molecular weight is 382 g/mol. The molecule has 0 radical (unpaired) electrons. The number of aromatic nitrogens is 1. The molecule has 1 fully saturated rings. The lowest BCUT2D eigenvalue weighted by Crippen LogP contribution is -2.35. The van der Waals surface area contributed by atoms with Gasteiger partial charge in [-0.05, 0) is 43.2 Å². The number of nitrogens with zero attached hydrogens (tertiary/aromatic N) is 2. The molecule has 4 rings (SSSR count). The molecule has 0 saturated carbocycles. The van der Waals surface area contributed by atoms with Gasteiger partial charge >= 0.3 is 5.76 Å². The molecule has 1 atom stereocenters. The molecule has 0 aliphatic carbocycles. The number of carbonyl (C=O) groups excluding carboxylic acids is 1. The summed E-state index contributed by atoms with van der Waals surface area (Å²) in [5, 5.41) is 0. The molecule has 0 N–H and O–H groups in total. The number of hydrogen-bond acceptors (Lipinski definition) is 5. The minimum Gasteiger partial charge on any atom is -0.497 e. The van der Waals surface area contributed by atoms with E-state index in [9.17, 15) is 9.59 Å². The highest BCUT2D eigenvalue weighted by Gasteiger charge is 2.32. The lowest BCUT2D eigenvalue weighted by Gasteiger charge is -2.26. The number of amides is 1. The molecular formula is C21H22N2O5. The predicted octanol–water partition coefficient (Wildman–Crippen LogP) is 2.98. The van der Waals surface area contributed by atoms with Crippen LogP contribution in [0.25, 0.3) is 11.1 Å². The molecule has 2 aromatic carbocycles. The lowest BCUT2D eigenvalue weighted by molar-refractivity contribution is -0.132. The van der Waals surface area contributed by atoms with Gasteiger partial charge in [0.05, 0.1) is 25.8 Å².